The van der Waals surface area contributed by atoms with Gasteiger partial charge in [0.25, 0.3) is 0 Å². The lowest BCUT2D eigenvalue weighted by Crippen LogP contribution is -2.49. The number of carbonyl (C=O) groups excluding carboxylic acids is 2. The zero-order chi connectivity index (χ0) is 15.7. The van der Waals surface area contributed by atoms with Crippen molar-refractivity contribution in [3.63, 3.8) is 0 Å². The number of aliphatic carboxylic acids is 1. The van der Waals surface area contributed by atoms with E-state index in [9.17, 15) is 14.4 Å². The van der Waals surface area contributed by atoms with Crippen molar-refractivity contribution >= 4 is 17.9 Å². The van der Waals surface area contributed by atoms with Gasteiger partial charge in [0.05, 0.1) is 6.10 Å². The Hall–Kier alpha value is -1.63. The Kier molecular flexibility index (Phi) is 7.74. The maximum Gasteiger partial charge on any atom is 0.324 e. The van der Waals surface area contributed by atoms with Crippen LogP contribution in [0.4, 0.5) is 4.79 Å². The molecule has 21 heavy (non-hydrogen) atoms. The molecule has 1 aliphatic rings. The summed E-state index contributed by atoms with van der Waals surface area (Å²) in [6, 6.07) is -0.417. The van der Waals surface area contributed by atoms with Gasteiger partial charge in [-0.1, -0.05) is 6.92 Å². The van der Waals surface area contributed by atoms with Gasteiger partial charge < -0.3 is 14.7 Å². The Balaban J connectivity index is 2.30. The molecular formula is C14H24N2O5. The van der Waals surface area contributed by atoms with Gasteiger partial charge in [-0.15, -0.1) is 0 Å². The number of nitrogens with zero attached hydrogens (tertiary/aromatic N) is 1. The summed E-state index contributed by atoms with van der Waals surface area (Å²) in [5.41, 5.74) is 0. The molecule has 0 saturated carbocycles. The summed E-state index contributed by atoms with van der Waals surface area (Å²) >= 11 is 0. The number of carbonyl (C=O) groups is 3. The van der Waals surface area contributed by atoms with Crippen LogP contribution in [-0.2, 0) is 14.3 Å². The van der Waals surface area contributed by atoms with Crippen molar-refractivity contribution in [2.45, 2.75) is 51.6 Å². The SMILES string of the molecule is CCCOC1CCCN(C(=O)NC(=O)CCCC(=O)O)C1. The van der Waals surface area contributed by atoms with Crippen LogP contribution >= 0.6 is 0 Å². The molecule has 2 N–H and O–H groups in total. The molecule has 1 heterocycles. The van der Waals surface area contributed by atoms with Crippen molar-refractivity contribution in [2.75, 3.05) is 19.7 Å². The summed E-state index contributed by atoms with van der Waals surface area (Å²) in [5.74, 6) is -1.38. The van der Waals surface area contributed by atoms with E-state index in [0.29, 0.717) is 19.7 Å². The second-order valence-electron chi connectivity index (χ2n) is 5.18. The smallest absolute Gasteiger partial charge is 0.324 e. The number of hydrogen-bond donors (Lipinski definition) is 2. The second kappa shape index (κ2) is 9.33. The van der Waals surface area contributed by atoms with Gasteiger partial charge in [0.15, 0.2) is 0 Å². The highest BCUT2D eigenvalue weighted by Crippen LogP contribution is 2.13. The number of carboxylic acid groups (broad SMARTS) is 1. The Bertz CT molecular complexity index is 372. The normalized spacial score (nSPS) is 18.3. The monoisotopic (exact) mass is 300 g/mol. The van der Waals surface area contributed by atoms with Crippen LogP contribution in [0.5, 0.6) is 0 Å². The zero-order valence-electron chi connectivity index (χ0n) is 12.5. The molecule has 0 aromatic rings. The maximum atomic E-state index is 11.9. The van der Waals surface area contributed by atoms with Crippen molar-refractivity contribution in [3.8, 4) is 0 Å². The lowest BCUT2D eigenvalue weighted by Gasteiger charge is -2.32. The standard InChI is InChI=1S/C14H24N2O5/c1-2-9-21-11-5-4-8-16(10-11)14(20)15-12(17)6-3-7-13(18)19/h11H,2-10H2,1H3,(H,18,19)(H,15,17,20). The van der Waals surface area contributed by atoms with Crippen LogP contribution in [0, 0.1) is 0 Å². The van der Waals surface area contributed by atoms with Crippen LogP contribution in [0.2, 0.25) is 0 Å². The number of imide groups is 1. The summed E-state index contributed by atoms with van der Waals surface area (Å²) in [7, 11) is 0. The van der Waals surface area contributed by atoms with E-state index < -0.39 is 17.9 Å². The molecule has 1 atom stereocenters. The zero-order valence-corrected chi connectivity index (χ0v) is 12.5. The first-order valence-corrected chi connectivity index (χ1v) is 7.45. The van der Waals surface area contributed by atoms with Crippen LogP contribution in [0.15, 0.2) is 0 Å². The summed E-state index contributed by atoms with van der Waals surface area (Å²) in [5, 5.41) is 10.8. The fraction of sp³-hybridized carbons (Fsp3) is 0.786. The Morgan fingerprint density at radius 2 is 2.10 bits per heavy atom. The predicted octanol–water partition coefficient (Wildman–Crippen LogP) is 1.37. The third kappa shape index (κ3) is 7.08. The highest BCUT2D eigenvalue weighted by Gasteiger charge is 2.24. The van der Waals surface area contributed by atoms with Crippen molar-refractivity contribution in [3.05, 3.63) is 0 Å². The minimum absolute atomic E-state index is 0.0339. The molecule has 1 rings (SSSR count). The summed E-state index contributed by atoms with van der Waals surface area (Å²) in [4.78, 5) is 35.4. The number of amides is 3. The largest absolute Gasteiger partial charge is 0.481 e. The molecule has 0 aromatic carbocycles. The quantitative estimate of drug-likeness (QED) is 0.740. The molecule has 120 valence electrons. The second-order valence-corrected chi connectivity index (χ2v) is 5.18. The van der Waals surface area contributed by atoms with Gasteiger partial charge in [0.1, 0.15) is 0 Å². The summed E-state index contributed by atoms with van der Waals surface area (Å²) in [6.07, 6.45) is 2.96. The van der Waals surface area contributed by atoms with Crippen LogP contribution in [0.3, 0.4) is 0 Å². The topological polar surface area (TPSA) is 95.9 Å². The summed E-state index contributed by atoms with van der Waals surface area (Å²) in [6.45, 7) is 3.81. The van der Waals surface area contributed by atoms with E-state index in [1.54, 1.807) is 4.90 Å². The maximum absolute atomic E-state index is 11.9. The first-order chi connectivity index (χ1) is 10.0. The summed E-state index contributed by atoms with van der Waals surface area (Å²) < 4.78 is 5.64. The first-order valence-electron chi connectivity index (χ1n) is 7.45. The van der Waals surface area contributed by atoms with Crippen LogP contribution in [0.25, 0.3) is 0 Å². The van der Waals surface area contributed by atoms with Gasteiger partial charge in [0, 0.05) is 32.5 Å². The third-order valence-electron chi connectivity index (χ3n) is 3.26. The highest BCUT2D eigenvalue weighted by molar-refractivity contribution is 5.94. The molecule has 0 radical (unpaired) electrons. The number of nitrogens with one attached hydrogen (secondary N) is 1. The molecule has 7 nitrogen and oxygen atoms in total. The molecule has 1 fully saturated rings. The minimum atomic E-state index is -0.943. The van der Waals surface area contributed by atoms with Crippen molar-refractivity contribution < 1.29 is 24.2 Å². The third-order valence-corrected chi connectivity index (χ3v) is 3.26. The van der Waals surface area contributed by atoms with Crippen molar-refractivity contribution in [1.82, 2.24) is 10.2 Å². The van der Waals surface area contributed by atoms with Crippen LogP contribution in [-0.4, -0.2) is 53.7 Å². The molecule has 1 aliphatic heterocycles. The van der Waals surface area contributed by atoms with Gasteiger partial charge in [-0.25, -0.2) is 4.79 Å². The fourth-order valence-electron chi connectivity index (χ4n) is 2.20. The lowest BCUT2D eigenvalue weighted by molar-refractivity contribution is -0.137. The Morgan fingerprint density at radius 3 is 2.76 bits per heavy atom. The van der Waals surface area contributed by atoms with E-state index in [2.05, 4.69) is 5.32 Å². The fourth-order valence-corrected chi connectivity index (χ4v) is 2.20. The van der Waals surface area contributed by atoms with Gasteiger partial charge >= 0.3 is 12.0 Å². The molecule has 3 amide bonds. The van der Waals surface area contributed by atoms with Crippen LogP contribution in [0.1, 0.15) is 45.4 Å². The number of likely N-dealkylation sites (tertiary alicyclic amines) is 1. The number of ether oxygens (including phenoxy) is 1. The molecule has 0 aliphatic carbocycles. The Morgan fingerprint density at radius 1 is 1.33 bits per heavy atom. The molecule has 0 bridgehead atoms. The molecule has 7 heteroatoms. The molecule has 1 saturated heterocycles. The highest BCUT2D eigenvalue weighted by atomic mass is 16.5. The van der Waals surface area contributed by atoms with Crippen molar-refractivity contribution in [1.29, 1.82) is 0 Å². The van der Waals surface area contributed by atoms with E-state index >= 15 is 0 Å². The number of urea groups is 1. The average molecular weight is 300 g/mol. The number of rotatable bonds is 7. The number of hydrogen-bond acceptors (Lipinski definition) is 4. The Labute approximate surface area is 124 Å². The van der Waals surface area contributed by atoms with Gasteiger partial charge in [0.2, 0.25) is 5.91 Å². The van der Waals surface area contributed by atoms with E-state index in [-0.39, 0.29) is 25.4 Å². The number of piperidine rings is 1. The average Bonchev–Trinajstić information content (AvgIpc) is 2.45. The van der Waals surface area contributed by atoms with Crippen LogP contribution < -0.4 is 5.32 Å². The molecule has 1 unspecified atom stereocenters. The van der Waals surface area contributed by atoms with E-state index in [4.69, 9.17) is 9.84 Å². The lowest BCUT2D eigenvalue weighted by atomic mass is 10.1. The molecule has 0 aromatic heterocycles. The number of carboxylic acids is 1. The van der Waals surface area contributed by atoms with Gasteiger partial charge in [-0.05, 0) is 25.7 Å². The van der Waals surface area contributed by atoms with Gasteiger partial charge in [-0.2, -0.15) is 0 Å². The first kappa shape index (κ1) is 17.4. The van der Waals surface area contributed by atoms with E-state index in [1.165, 1.54) is 0 Å². The van der Waals surface area contributed by atoms with E-state index in [0.717, 1.165) is 19.3 Å². The predicted molar refractivity (Wildman–Crippen MR) is 75.9 cm³/mol. The molecular weight excluding hydrogens is 276 g/mol. The van der Waals surface area contributed by atoms with Crippen molar-refractivity contribution in [2.24, 2.45) is 0 Å². The minimum Gasteiger partial charge on any atom is -0.481 e. The van der Waals surface area contributed by atoms with Gasteiger partial charge in [-0.3, -0.25) is 14.9 Å². The van der Waals surface area contributed by atoms with E-state index in [1.807, 2.05) is 6.92 Å². The molecule has 0 spiro atoms.